The van der Waals surface area contributed by atoms with Gasteiger partial charge in [0.25, 0.3) is 0 Å². The summed E-state index contributed by atoms with van der Waals surface area (Å²) in [5, 5.41) is 10.7. The van der Waals surface area contributed by atoms with Crippen LogP contribution in [-0.2, 0) is 15.8 Å². The van der Waals surface area contributed by atoms with Gasteiger partial charge in [0.15, 0.2) is 0 Å². The van der Waals surface area contributed by atoms with Crippen molar-refractivity contribution >= 4 is 50.5 Å². The molecule has 4 rings (SSSR count). The molecule has 4 aromatic rings. The van der Waals surface area contributed by atoms with Crippen LogP contribution in [0.2, 0.25) is 0 Å². The summed E-state index contributed by atoms with van der Waals surface area (Å²) in [6.45, 7) is 0. The van der Waals surface area contributed by atoms with Gasteiger partial charge in [-0.15, -0.1) is 0 Å². The van der Waals surface area contributed by atoms with Crippen LogP contribution in [0.25, 0.3) is 0 Å². The second-order valence-corrected chi connectivity index (χ2v) is 9.69. The standard InChI is InChI=1S/C27H25N5O4S/c33-26(28-21-13-6-2-7-14-21)30-23-17-10-18-24(31-27(34)29-22-15-8-3-9-16-22)25(23)32-37(35,36)19-20-11-4-1-5-12-20/h1-18,32H,19H2,(H2,28,30,33)(H2,29,31,34). The number of rotatable bonds is 8. The Morgan fingerprint density at radius 3 is 1.43 bits per heavy atom. The lowest BCUT2D eigenvalue weighted by Crippen LogP contribution is -2.24. The van der Waals surface area contributed by atoms with Gasteiger partial charge < -0.3 is 21.3 Å². The van der Waals surface area contributed by atoms with Crippen LogP contribution >= 0.6 is 0 Å². The minimum atomic E-state index is -3.92. The van der Waals surface area contributed by atoms with Crippen LogP contribution in [0.1, 0.15) is 5.56 Å². The first kappa shape index (κ1) is 25.3. The average molecular weight is 516 g/mol. The summed E-state index contributed by atoms with van der Waals surface area (Å²) in [6, 6.07) is 29.8. The predicted octanol–water partition coefficient (Wildman–Crippen LogP) is 5.92. The Kier molecular flexibility index (Phi) is 8.01. The number of sulfonamides is 1. The van der Waals surface area contributed by atoms with Crippen molar-refractivity contribution in [3.8, 4) is 0 Å². The summed E-state index contributed by atoms with van der Waals surface area (Å²) in [5.74, 6) is -0.298. The van der Waals surface area contributed by atoms with Crippen molar-refractivity contribution in [1.29, 1.82) is 0 Å². The smallest absolute Gasteiger partial charge is 0.308 e. The molecule has 0 saturated carbocycles. The van der Waals surface area contributed by atoms with Crippen LogP contribution in [0, 0.1) is 0 Å². The minimum absolute atomic E-state index is 0.0184. The molecule has 188 valence electrons. The van der Waals surface area contributed by atoms with Crippen molar-refractivity contribution < 1.29 is 18.0 Å². The number of benzene rings is 4. The number of carbonyl (C=O) groups is 2. The van der Waals surface area contributed by atoms with E-state index in [1.807, 2.05) is 12.1 Å². The second kappa shape index (κ2) is 11.7. The van der Waals surface area contributed by atoms with Gasteiger partial charge >= 0.3 is 12.1 Å². The summed E-state index contributed by atoms with van der Waals surface area (Å²) in [7, 11) is -3.92. The molecule has 0 aliphatic rings. The molecule has 0 radical (unpaired) electrons. The van der Waals surface area contributed by atoms with Gasteiger partial charge in [-0.05, 0) is 42.0 Å². The third kappa shape index (κ3) is 7.58. The van der Waals surface area contributed by atoms with E-state index in [0.29, 0.717) is 16.9 Å². The first-order valence-electron chi connectivity index (χ1n) is 11.3. The van der Waals surface area contributed by atoms with Gasteiger partial charge in [-0.25, -0.2) is 18.0 Å². The molecule has 0 bridgehead atoms. The third-order valence-electron chi connectivity index (χ3n) is 5.08. The molecule has 37 heavy (non-hydrogen) atoms. The Hall–Kier alpha value is -4.83. The van der Waals surface area contributed by atoms with Crippen LogP contribution in [0.15, 0.2) is 109 Å². The van der Waals surface area contributed by atoms with Gasteiger partial charge in [0.05, 0.1) is 22.8 Å². The van der Waals surface area contributed by atoms with Crippen molar-refractivity contribution in [2.45, 2.75) is 5.75 Å². The van der Waals surface area contributed by atoms with Gasteiger partial charge in [0.2, 0.25) is 10.0 Å². The Labute approximate surface area is 215 Å². The third-order valence-corrected chi connectivity index (χ3v) is 6.31. The molecule has 10 heteroatoms. The number of anilines is 5. The lowest BCUT2D eigenvalue weighted by Gasteiger charge is -2.18. The molecule has 0 aromatic heterocycles. The van der Waals surface area contributed by atoms with E-state index >= 15 is 0 Å². The van der Waals surface area contributed by atoms with Gasteiger partial charge in [0.1, 0.15) is 0 Å². The molecule has 0 aliphatic heterocycles. The molecule has 0 heterocycles. The van der Waals surface area contributed by atoms with E-state index in [-0.39, 0.29) is 22.8 Å². The van der Waals surface area contributed by atoms with Crippen molar-refractivity contribution in [1.82, 2.24) is 0 Å². The molecule has 4 amide bonds. The first-order chi connectivity index (χ1) is 17.9. The highest BCUT2D eigenvalue weighted by Gasteiger charge is 2.20. The summed E-state index contributed by atoms with van der Waals surface area (Å²) in [4.78, 5) is 25.3. The lowest BCUT2D eigenvalue weighted by atomic mass is 10.2. The zero-order chi connectivity index (χ0) is 26.1. The highest BCUT2D eigenvalue weighted by Crippen LogP contribution is 2.32. The minimum Gasteiger partial charge on any atom is -0.308 e. The molecule has 0 atom stereocenters. The van der Waals surface area contributed by atoms with Crippen molar-refractivity contribution in [2.24, 2.45) is 0 Å². The number of carbonyl (C=O) groups excluding carboxylic acids is 2. The lowest BCUT2D eigenvalue weighted by molar-refractivity contribution is 0.261. The number of nitrogens with one attached hydrogen (secondary N) is 5. The molecular weight excluding hydrogens is 490 g/mol. The van der Waals surface area contributed by atoms with Crippen LogP contribution in [0.3, 0.4) is 0 Å². The van der Waals surface area contributed by atoms with Crippen LogP contribution in [-0.4, -0.2) is 20.5 Å². The van der Waals surface area contributed by atoms with Crippen LogP contribution < -0.4 is 26.0 Å². The normalized spacial score (nSPS) is 10.7. The van der Waals surface area contributed by atoms with E-state index in [9.17, 15) is 18.0 Å². The maximum absolute atomic E-state index is 13.1. The van der Waals surface area contributed by atoms with Crippen LogP contribution in [0.5, 0.6) is 0 Å². The van der Waals surface area contributed by atoms with Crippen molar-refractivity contribution in [2.75, 3.05) is 26.0 Å². The SMILES string of the molecule is O=C(Nc1ccccc1)Nc1cccc(NC(=O)Nc2ccccc2)c1NS(=O)(=O)Cc1ccccc1. The fourth-order valence-electron chi connectivity index (χ4n) is 3.47. The van der Waals surface area contributed by atoms with Crippen LogP contribution in [0.4, 0.5) is 38.0 Å². The highest BCUT2D eigenvalue weighted by molar-refractivity contribution is 7.92. The molecule has 5 N–H and O–H groups in total. The Morgan fingerprint density at radius 2 is 0.973 bits per heavy atom. The fourth-order valence-corrected chi connectivity index (χ4v) is 4.70. The van der Waals surface area contributed by atoms with E-state index in [2.05, 4.69) is 26.0 Å². The molecule has 4 aromatic carbocycles. The summed E-state index contributed by atoms with van der Waals surface area (Å²) < 4.78 is 28.6. The molecule has 0 unspecified atom stereocenters. The molecule has 0 saturated heterocycles. The zero-order valence-electron chi connectivity index (χ0n) is 19.6. The molecule has 0 fully saturated rings. The van der Waals surface area contributed by atoms with Gasteiger partial charge in [-0.3, -0.25) is 4.72 Å². The summed E-state index contributed by atoms with van der Waals surface area (Å²) in [5.41, 5.74) is 2.03. The van der Waals surface area contributed by atoms with E-state index in [1.54, 1.807) is 84.9 Å². The Morgan fingerprint density at radius 1 is 0.541 bits per heavy atom. The van der Waals surface area contributed by atoms with E-state index in [4.69, 9.17) is 0 Å². The second-order valence-electron chi connectivity index (χ2n) is 7.97. The molecule has 9 nitrogen and oxygen atoms in total. The van der Waals surface area contributed by atoms with E-state index in [1.165, 1.54) is 12.1 Å². The number of amides is 4. The Balaban J connectivity index is 1.60. The number of urea groups is 2. The summed E-state index contributed by atoms with van der Waals surface area (Å²) >= 11 is 0. The largest absolute Gasteiger partial charge is 0.323 e. The first-order valence-corrected chi connectivity index (χ1v) is 13.0. The highest BCUT2D eigenvalue weighted by atomic mass is 32.2. The van der Waals surface area contributed by atoms with E-state index in [0.717, 1.165) is 0 Å². The quantitative estimate of drug-likeness (QED) is 0.200. The fraction of sp³-hybridized carbons (Fsp3) is 0.0370. The zero-order valence-corrected chi connectivity index (χ0v) is 20.5. The van der Waals surface area contributed by atoms with Crippen molar-refractivity contribution in [3.63, 3.8) is 0 Å². The van der Waals surface area contributed by atoms with Crippen molar-refractivity contribution in [3.05, 3.63) is 115 Å². The number of hydrogen-bond donors (Lipinski definition) is 5. The predicted molar refractivity (Wildman–Crippen MR) is 147 cm³/mol. The van der Waals surface area contributed by atoms with E-state index < -0.39 is 22.1 Å². The van der Waals surface area contributed by atoms with Gasteiger partial charge in [-0.2, -0.15) is 0 Å². The molecule has 0 aliphatic carbocycles. The monoisotopic (exact) mass is 515 g/mol. The molecule has 0 spiro atoms. The maximum atomic E-state index is 13.1. The topological polar surface area (TPSA) is 128 Å². The van der Waals surface area contributed by atoms with Gasteiger partial charge in [-0.1, -0.05) is 72.8 Å². The number of hydrogen-bond acceptors (Lipinski definition) is 4. The summed E-state index contributed by atoms with van der Waals surface area (Å²) in [6.07, 6.45) is 0. The average Bonchev–Trinajstić information content (AvgIpc) is 2.87. The molecular formula is C27H25N5O4S. The maximum Gasteiger partial charge on any atom is 0.323 e. The number of para-hydroxylation sites is 3. The van der Waals surface area contributed by atoms with Gasteiger partial charge in [0, 0.05) is 11.4 Å². The Bertz CT molecular complexity index is 1390.